The molecule has 2 aromatic rings. The number of aliphatic hydroxyl groups is 1. The smallest absolute Gasteiger partial charge is 0.273 e. The van der Waals surface area contributed by atoms with Crippen LogP contribution in [0.5, 0.6) is 0 Å². The quantitative estimate of drug-likeness (QED) is 0.887. The highest BCUT2D eigenvalue weighted by molar-refractivity contribution is 6.33. The predicted octanol–water partition coefficient (Wildman–Crippen LogP) is 1.51. The van der Waals surface area contributed by atoms with Crippen LogP contribution in [0.3, 0.4) is 0 Å². The van der Waals surface area contributed by atoms with Gasteiger partial charge in [-0.3, -0.25) is 9.89 Å². The molecule has 0 spiro atoms. The SMILES string of the molecule is O=C(c1[nH]ncc1Cl)N1CCO[C@](CO)(Cc2ccccc2)C1. The minimum absolute atomic E-state index is 0.164. The largest absolute Gasteiger partial charge is 0.393 e. The van der Waals surface area contributed by atoms with Gasteiger partial charge in [-0.25, -0.2) is 0 Å². The first-order valence-corrected chi connectivity index (χ1v) is 7.78. The van der Waals surface area contributed by atoms with E-state index in [9.17, 15) is 9.90 Å². The normalized spacial score (nSPS) is 21.4. The van der Waals surface area contributed by atoms with Crippen molar-refractivity contribution in [2.45, 2.75) is 12.0 Å². The van der Waals surface area contributed by atoms with E-state index in [4.69, 9.17) is 16.3 Å². The van der Waals surface area contributed by atoms with Crippen LogP contribution in [0.15, 0.2) is 36.5 Å². The molecular formula is C16H18ClN3O3. The zero-order valence-corrected chi connectivity index (χ0v) is 13.3. The monoisotopic (exact) mass is 335 g/mol. The van der Waals surface area contributed by atoms with E-state index in [0.717, 1.165) is 5.56 Å². The average molecular weight is 336 g/mol. The maximum atomic E-state index is 12.6. The van der Waals surface area contributed by atoms with Gasteiger partial charge in [0.1, 0.15) is 11.3 Å². The zero-order chi connectivity index (χ0) is 16.3. The molecule has 1 fully saturated rings. The van der Waals surface area contributed by atoms with Gasteiger partial charge >= 0.3 is 0 Å². The fraction of sp³-hybridized carbons (Fsp3) is 0.375. The molecule has 1 amide bonds. The lowest BCUT2D eigenvalue weighted by Crippen LogP contribution is -2.56. The fourth-order valence-corrected chi connectivity index (χ4v) is 3.00. The van der Waals surface area contributed by atoms with Gasteiger partial charge in [-0.15, -0.1) is 0 Å². The molecule has 7 heteroatoms. The molecule has 0 aliphatic carbocycles. The lowest BCUT2D eigenvalue weighted by molar-refractivity contribution is -0.123. The van der Waals surface area contributed by atoms with Crippen LogP contribution in [0.1, 0.15) is 16.1 Å². The minimum Gasteiger partial charge on any atom is -0.393 e. The summed E-state index contributed by atoms with van der Waals surface area (Å²) in [6.45, 7) is 0.949. The minimum atomic E-state index is -0.804. The van der Waals surface area contributed by atoms with Crippen molar-refractivity contribution in [1.82, 2.24) is 15.1 Å². The number of ether oxygens (including phenoxy) is 1. The van der Waals surface area contributed by atoms with E-state index in [1.165, 1.54) is 6.20 Å². The Morgan fingerprint density at radius 3 is 2.87 bits per heavy atom. The van der Waals surface area contributed by atoms with Gasteiger partial charge in [-0.05, 0) is 5.56 Å². The Hall–Kier alpha value is -1.89. The number of amides is 1. The summed E-state index contributed by atoms with van der Waals surface area (Å²) < 4.78 is 5.84. The van der Waals surface area contributed by atoms with Crippen molar-refractivity contribution in [3.63, 3.8) is 0 Å². The van der Waals surface area contributed by atoms with Gasteiger partial charge in [0.05, 0.1) is 31.0 Å². The summed E-state index contributed by atoms with van der Waals surface area (Å²) in [5.41, 5.74) is 0.512. The average Bonchev–Trinajstić information content (AvgIpc) is 3.01. The van der Waals surface area contributed by atoms with Crippen LogP contribution in [0.4, 0.5) is 0 Å². The number of nitrogens with one attached hydrogen (secondary N) is 1. The number of halogens is 1. The van der Waals surface area contributed by atoms with Gasteiger partial charge in [0, 0.05) is 13.0 Å². The standard InChI is InChI=1S/C16H18ClN3O3/c17-13-9-18-19-14(13)15(22)20-6-7-23-16(10-20,11-21)8-12-4-2-1-3-5-12/h1-5,9,21H,6-8,10-11H2,(H,18,19)/t16-/m1/s1. The highest BCUT2D eigenvalue weighted by Gasteiger charge is 2.39. The van der Waals surface area contributed by atoms with E-state index < -0.39 is 5.60 Å². The molecule has 1 aromatic heterocycles. The Bertz CT molecular complexity index is 676. The number of benzene rings is 1. The summed E-state index contributed by atoms with van der Waals surface area (Å²) in [5.74, 6) is -0.235. The summed E-state index contributed by atoms with van der Waals surface area (Å²) in [5, 5.41) is 16.6. The van der Waals surface area contributed by atoms with Crippen LogP contribution in [-0.4, -0.2) is 58.0 Å². The van der Waals surface area contributed by atoms with Gasteiger partial charge < -0.3 is 14.7 Å². The lowest BCUT2D eigenvalue weighted by atomic mass is 9.93. The number of morpholine rings is 1. The molecule has 23 heavy (non-hydrogen) atoms. The van der Waals surface area contributed by atoms with Crippen LogP contribution in [0.2, 0.25) is 5.02 Å². The van der Waals surface area contributed by atoms with Crippen molar-refractivity contribution in [3.05, 3.63) is 52.8 Å². The first-order valence-electron chi connectivity index (χ1n) is 7.40. The molecule has 0 saturated carbocycles. The molecule has 2 N–H and O–H groups in total. The number of carbonyl (C=O) groups is 1. The molecule has 122 valence electrons. The summed E-state index contributed by atoms with van der Waals surface area (Å²) in [7, 11) is 0. The van der Waals surface area contributed by atoms with Crippen molar-refractivity contribution in [2.75, 3.05) is 26.3 Å². The Kier molecular flexibility index (Phi) is 4.66. The maximum Gasteiger partial charge on any atom is 0.273 e. The lowest BCUT2D eigenvalue weighted by Gasteiger charge is -2.41. The maximum absolute atomic E-state index is 12.6. The number of rotatable bonds is 4. The van der Waals surface area contributed by atoms with E-state index in [0.29, 0.717) is 31.1 Å². The van der Waals surface area contributed by atoms with Crippen LogP contribution in [0, 0.1) is 0 Å². The third kappa shape index (κ3) is 3.39. The molecule has 1 aliphatic heterocycles. The number of aromatic amines is 1. The molecule has 1 aliphatic rings. The predicted molar refractivity (Wildman–Crippen MR) is 85.4 cm³/mol. The van der Waals surface area contributed by atoms with Crippen molar-refractivity contribution in [3.8, 4) is 0 Å². The van der Waals surface area contributed by atoms with Crippen molar-refractivity contribution in [2.24, 2.45) is 0 Å². The molecule has 1 atom stereocenters. The topological polar surface area (TPSA) is 78.5 Å². The number of carbonyl (C=O) groups excluding carboxylic acids is 1. The second-order valence-corrected chi connectivity index (χ2v) is 6.08. The van der Waals surface area contributed by atoms with Crippen molar-refractivity contribution >= 4 is 17.5 Å². The van der Waals surface area contributed by atoms with E-state index in [1.807, 2.05) is 30.3 Å². The first-order chi connectivity index (χ1) is 11.1. The van der Waals surface area contributed by atoms with E-state index in [2.05, 4.69) is 10.2 Å². The molecule has 1 aromatic carbocycles. The summed E-state index contributed by atoms with van der Waals surface area (Å²) >= 11 is 5.97. The van der Waals surface area contributed by atoms with E-state index in [1.54, 1.807) is 4.90 Å². The molecule has 3 rings (SSSR count). The number of aromatic nitrogens is 2. The molecule has 0 bridgehead atoms. The van der Waals surface area contributed by atoms with Gasteiger partial charge in [0.15, 0.2) is 0 Å². The Morgan fingerprint density at radius 1 is 1.43 bits per heavy atom. The van der Waals surface area contributed by atoms with Gasteiger partial charge in [0.25, 0.3) is 5.91 Å². The van der Waals surface area contributed by atoms with Crippen molar-refractivity contribution in [1.29, 1.82) is 0 Å². The van der Waals surface area contributed by atoms with Crippen LogP contribution >= 0.6 is 11.6 Å². The Balaban J connectivity index is 1.78. The summed E-state index contributed by atoms with van der Waals surface area (Å²) in [6, 6.07) is 9.78. The molecule has 2 heterocycles. The molecule has 1 saturated heterocycles. The van der Waals surface area contributed by atoms with E-state index >= 15 is 0 Å². The third-order valence-electron chi connectivity index (χ3n) is 4.00. The molecule has 6 nitrogen and oxygen atoms in total. The number of hydrogen-bond acceptors (Lipinski definition) is 4. The van der Waals surface area contributed by atoms with Crippen LogP contribution in [-0.2, 0) is 11.2 Å². The molecule has 0 unspecified atom stereocenters. The molecular weight excluding hydrogens is 318 g/mol. The number of H-pyrrole nitrogens is 1. The van der Waals surface area contributed by atoms with Crippen LogP contribution in [0.25, 0.3) is 0 Å². The van der Waals surface area contributed by atoms with Crippen LogP contribution < -0.4 is 0 Å². The Morgan fingerprint density at radius 2 is 2.22 bits per heavy atom. The number of hydrogen-bond donors (Lipinski definition) is 2. The second kappa shape index (κ2) is 6.70. The Labute approximate surface area is 139 Å². The summed E-state index contributed by atoms with van der Waals surface area (Å²) in [4.78, 5) is 14.2. The highest BCUT2D eigenvalue weighted by atomic mass is 35.5. The fourth-order valence-electron chi connectivity index (χ4n) is 2.82. The zero-order valence-electron chi connectivity index (χ0n) is 12.5. The van der Waals surface area contributed by atoms with Gasteiger partial charge in [-0.1, -0.05) is 41.9 Å². The second-order valence-electron chi connectivity index (χ2n) is 5.67. The third-order valence-corrected chi connectivity index (χ3v) is 4.29. The number of aliphatic hydroxyl groups excluding tert-OH is 1. The van der Waals surface area contributed by atoms with Crippen molar-refractivity contribution < 1.29 is 14.6 Å². The van der Waals surface area contributed by atoms with Gasteiger partial charge in [0.2, 0.25) is 0 Å². The summed E-state index contributed by atoms with van der Waals surface area (Å²) in [6.07, 6.45) is 1.93. The van der Waals surface area contributed by atoms with E-state index in [-0.39, 0.29) is 18.2 Å². The number of nitrogens with zero attached hydrogens (tertiary/aromatic N) is 2. The highest BCUT2D eigenvalue weighted by Crippen LogP contribution is 2.25. The molecule has 0 radical (unpaired) electrons. The van der Waals surface area contributed by atoms with Gasteiger partial charge in [-0.2, -0.15) is 5.10 Å². The first kappa shape index (κ1) is 16.0.